The number of rotatable bonds is 0. The maximum absolute atomic E-state index is 2.90. The van der Waals surface area contributed by atoms with Crippen molar-refractivity contribution in [3.63, 3.8) is 0 Å². The van der Waals surface area contributed by atoms with E-state index in [4.69, 9.17) is 0 Å². The van der Waals surface area contributed by atoms with Gasteiger partial charge in [-0.05, 0) is 0 Å². The summed E-state index contributed by atoms with van der Waals surface area (Å²) >= 11 is 1.59. The van der Waals surface area contributed by atoms with Gasteiger partial charge in [0.05, 0.1) is 0 Å². The third kappa shape index (κ3) is 1.74. The van der Waals surface area contributed by atoms with Crippen LogP contribution >= 0.6 is 11.3 Å². The topological polar surface area (TPSA) is 0 Å². The van der Waals surface area contributed by atoms with E-state index in [0.717, 1.165) is 0 Å². The van der Waals surface area contributed by atoms with Crippen LogP contribution in [0.4, 0.5) is 0 Å². The average Bonchev–Trinajstić information content (AvgIpc) is 1.76. The predicted octanol–water partition coefficient (Wildman–Crippen LogP) is 1.55. The van der Waals surface area contributed by atoms with Gasteiger partial charge in [-0.25, -0.2) is 6.07 Å². The molecule has 0 saturated heterocycles. The van der Waals surface area contributed by atoms with Gasteiger partial charge in [0.1, 0.15) is 0 Å². The van der Waals surface area contributed by atoms with Crippen molar-refractivity contribution in [3.05, 3.63) is 22.9 Å². The summed E-state index contributed by atoms with van der Waals surface area (Å²) in [5.74, 6) is 0. The van der Waals surface area contributed by atoms with Crippen molar-refractivity contribution in [2.45, 2.75) is 0 Å². The second-order valence-electron chi connectivity index (χ2n) is 0.731. The van der Waals surface area contributed by atoms with Gasteiger partial charge in [0, 0.05) is 21.1 Å². The Kier molecular flexibility index (Phi) is 3.81. The van der Waals surface area contributed by atoms with E-state index in [1.54, 1.807) is 11.3 Å². The minimum absolute atomic E-state index is 0. The van der Waals surface area contributed by atoms with Crippen LogP contribution in [0.3, 0.4) is 0 Å². The van der Waals surface area contributed by atoms with Crippen molar-refractivity contribution in [1.29, 1.82) is 0 Å². The summed E-state index contributed by atoms with van der Waals surface area (Å²) in [4.78, 5) is 0. The minimum Gasteiger partial charge on any atom is -0.304 e. The van der Waals surface area contributed by atoms with Crippen LogP contribution in [0, 0.1) is 5.38 Å². The molecule has 1 rings (SSSR count). The van der Waals surface area contributed by atoms with Gasteiger partial charge in [0.2, 0.25) is 0 Å². The Morgan fingerprint density at radius 2 is 2.33 bits per heavy atom. The molecule has 0 N–H and O–H groups in total. The summed E-state index contributed by atoms with van der Waals surface area (Å²) in [6, 6.07) is 3.86. The van der Waals surface area contributed by atoms with E-state index in [9.17, 15) is 0 Å². The smallest absolute Gasteiger partial charge is 0 e. The number of thiophene rings is 1. The molecule has 32 valence electrons. The van der Waals surface area contributed by atoms with Crippen molar-refractivity contribution in [2.75, 3.05) is 0 Å². The molecule has 0 radical (unpaired) electrons. The second kappa shape index (κ2) is 3.57. The van der Waals surface area contributed by atoms with E-state index in [1.165, 1.54) is 0 Å². The van der Waals surface area contributed by atoms with Crippen molar-refractivity contribution in [3.8, 4) is 0 Å². The van der Waals surface area contributed by atoms with Gasteiger partial charge in [-0.15, -0.1) is 5.38 Å². The molecule has 0 fully saturated rings. The molecule has 0 aliphatic rings. The van der Waals surface area contributed by atoms with Crippen molar-refractivity contribution < 1.29 is 21.1 Å². The van der Waals surface area contributed by atoms with Gasteiger partial charge in [-0.3, -0.25) is 0 Å². The molecule has 0 spiro atoms. The molecule has 1 aromatic rings. The molecule has 0 aliphatic heterocycles. The molecule has 0 bridgehead atoms. The average molecular weight is 267 g/mol. The molecule has 6 heavy (non-hydrogen) atoms. The van der Waals surface area contributed by atoms with E-state index in [1.807, 2.05) is 17.5 Å². The first-order valence-corrected chi connectivity index (χ1v) is 2.27. The summed E-state index contributed by atoms with van der Waals surface area (Å²) in [5.41, 5.74) is 0. The molecule has 2 heteroatoms. The quantitative estimate of drug-likeness (QED) is 0.625. The fourth-order valence-corrected chi connectivity index (χ4v) is 0.589. The summed E-state index contributed by atoms with van der Waals surface area (Å²) in [6.07, 6.45) is 0. The van der Waals surface area contributed by atoms with E-state index in [0.29, 0.717) is 0 Å². The second-order valence-corrected chi connectivity index (χ2v) is 1.47. The molecule has 0 aliphatic carbocycles. The molecule has 1 aromatic heterocycles. The Bertz CT molecular complexity index is 64.0. The van der Waals surface area contributed by atoms with Crippen molar-refractivity contribution in [1.82, 2.24) is 0 Å². The fraction of sp³-hybridized carbons (Fsp3) is 0. The fourth-order valence-electron chi connectivity index (χ4n) is 0.196. The van der Waals surface area contributed by atoms with Crippen LogP contribution in [-0.2, 0) is 21.1 Å². The molecular weight excluding hydrogens is 264 g/mol. The predicted molar refractivity (Wildman–Crippen MR) is 23.2 cm³/mol. The van der Waals surface area contributed by atoms with Crippen LogP contribution in [0.25, 0.3) is 0 Å². The van der Waals surface area contributed by atoms with Crippen LogP contribution < -0.4 is 0 Å². The maximum atomic E-state index is 2.90. The third-order valence-corrected chi connectivity index (χ3v) is 0.944. The van der Waals surface area contributed by atoms with Gasteiger partial charge < -0.3 is 11.3 Å². The molecule has 0 atom stereocenters. The van der Waals surface area contributed by atoms with Gasteiger partial charge >= 0.3 is 0 Å². The zero-order chi connectivity index (χ0) is 3.54. The van der Waals surface area contributed by atoms with Gasteiger partial charge in [-0.1, -0.05) is 0 Å². The van der Waals surface area contributed by atoms with Crippen LogP contribution in [0.5, 0.6) is 0 Å². The summed E-state index contributed by atoms with van der Waals surface area (Å²) < 4.78 is 0. The van der Waals surface area contributed by atoms with Crippen LogP contribution in [-0.4, -0.2) is 0 Å². The number of hydrogen-bond donors (Lipinski definition) is 0. The number of hydrogen-bond acceptors (Lipinski definition) is 1. The molecule has 0 amide bonds. The SMILES string of the molecule is [W].[c-]1cccs1. The Morgan fingerprint density at radius 3 is 2.50 bits per heavy atom. The van der Waals surface area contributed by atoms with Gasteiger partial charge in [0.15, 0.2) is 0 Å². The first kappa shape index (κ1) is 6.39. The summed E-state index contributed by atoms with van der Waals surface area (Å²) in [6.45, 7) is 0. The zero-order valence-corrected chi connectivity index (χ0v) is 6.80. The van der Waals surface area contributed by atoms with Crippen molar-refractivity contribution in [2.24, 2.45) is 0 Å². The molecule has 1 heterocycles. The Balaban J connectivity index is 0.000000250. The molecule has 0 saturated carbocycles. The molecular formula is C4H3SW-. The van der Waals surface area contributed by atoms with Crippen LogP contribution in [0.2, 0.25) is 0 Å². The Morgan fingerprint density at radius 1 is 1.50 bits per heavy atom. The van der Waals surface area contributed by atoms with E-state index < -0.39 is 0 Å². The van der Waals surface area contributed by atoms with Crippen LogP contribution in [0.1, 0.15) is 0 Å². The van der Waals surface area contributed by atoms with E-state index in [2.05, 4.69) is 5.38 Å². The maximum Gasteiger partial charge on any atom is 0 e. The zero-order valence-electron chi connectivity index (χ0n) is 3.05. The van der Waals surface area contributed by atoms with E-state index >= 15 is 0 Å². The third-order valence-electron chi connectivity index (χ3n) is 0.379. The first-order valence-electron chi connectivity index (χ1n) is 1.40. The largest absolute Gasteiger partial charge is 0.304 e. The Labute approximate surface area is 55.5 Å². The van der Waals surface area contributed by atoms with Gasteiger partial charge in [0.25, 0.3) is 0 Å². The van der Waals surface area contributed by atoms with Crippen molar-refractivity contribution >= 4 is 11.3 Å². The van der Waals surface area contributed by atoms with E-state index in [-0.39, 0.29) is 21.1 Å². The standard InChI is InChI=1S/C4H3S.W/c1-2-4-5-3-1;/h1-3H;/q-1;. The first-order chi connectivity index (χ1) is 2.50. The monoisotopic (exact) mass is 267 g/mol. The molecule has 0 unspecified atom stereocenters. The molecule has 0 nitrogen and oxygen atoms in total. The normalized spacial score (nSPS) is 6.67. The summed E-state index contributed by atoms with van der Waals surface area (Å²) in [5, 5.41) is 4.89. The van der Waals surface area contributed by atoms with Crippen LogP contribution in [0.15, 0.2) is 17.5 Å². The minimum atomic E-state index is 0. The Hall–Kier alpha value is 0.388. The summed E-state index contributed by atoms with van der Waals surface area (Å²) in [7, 11) is 0. The molecule has 0 aromatic carbocycles. The van der Waals surface area contributed by atoms with Gasteiger partial charge in [-0.2, -0.15) is 11.4 Å².